The maximum Gasteiger partial charge on any atom is 0.0837 e. The molecule has 1 aliphatic rings. The zero-order valence-corrected chi connectivity index (χ0v) is 13.8. The summed E-state index contributed by atoms with van der Waals surface area (Å²) >= 11 is 11.9. The molecular formula is C17H15Cl2N3O. The van der Waals surface area contributed by atoms with Crippen molar-refractivity contribution in [3.05, 3.63) is 80.1 Å². The molecule has 0 aliphatic carbocycles. The molecule has 4 nitrogen and oxygen atoms in total. The largest absolute Gasteiger partial charge is 0.366 e. The number of halogens is 2. The highest BCUT2D eigenvalue weighted by molar-refractivity contribution is 6.30. The summed E-state index contributed by atoms with van der Waals surface area (Å²) in [4.78, 5) is 2.97. The van der Waals surface area contributed by atoms with Gasteiger partial charge in [-0.05, 0) is 53.8 Å². The molecule has 1 fully saturated rings. The fourth-order valence-corrected chi connectivity index (χ4v) is 3.10. The van der Waals surface area contributed by atoms with E-state index in [0.29, 0.717) is 22.9 Å². The van der Waals surface area contributed by atoms with Crippen LogP contribution >= 0.6 is 23.2 Å². The monoisotopic (exact) mass is 347 g/mol. The minimum absolute atomic E-state index is 0.102. The predicted octanol–water partition coefficient (Wildman–Crippen LogP) is 6.27. The van der Waals surface area contributed by atoms with E-state index in [1.54, 1.807) is 0 Å². The van der Waals surface area contributed by atoms with Crippen molar-refractivity contribution in [1.29, 1.82) is 0 Å². The summed E-state index contributed by atoms with van der Waals surface area (Å²) in [7, 11) is 0. The Bertz CT molecular complexity index is 658. The zero-order valence-electron chi connectivity index (χ0n) is 12.3. The van der Waals surface area contributed by atoms with Crippen LogP contribution in [0.2, 0.25) is 10.0 Å². The number of hydrogen-bond donors (Lipinski definition) is 0. The molecule has 2 aromatic carbocycles. The zero-order chi connectivity index (χ0) is 16.2. The van der Waals surface area contributed by atoms with E-state index in [9.17, 15) is 0 Å². The normalized spacial score (nSPS) is 24.0. The van der Waals surface area contributed by atoms with Crippen LogP contribution in [0.1, 0.15) is 36.2 Å². The average molecular weight is 348 g/mol. The standard InChI is InChI=1S/C17H15Cl2N3O/c18-13-5-1-11(2-6-13)16-9-15(21-22-20)10-17(23-16)12-3-7-14(19)8-4-12/h1-8,15-17H,9-10H2/t15?,16-,17+. The van der Waals surface area contributed by atoms with E-state index in [1.165, 1.54) is 0 Å². The van der Waals surface area contributed by atoms with Gasteiger partial charge >= 0.3 is 0 Å². The van der Waals surface area contributed by atoms with Crippen LogP contribution in [0.3, 0.4) is 0 Å². The van der Waals surface area contributed by atoms with Gasteiger partial charge in [-0.3, -0.25) is 0 Å². The Labute approximate surface area is 144 Å². The lowest BCUT2D eigenvalue weighted by Gasteiger charge is -2.34. The van der Waals surface area contributed by atoms with Crippen LogP contribution in [0, 0.1) is 0 Å². The van der Waals surface area contributed by atoms with Gasteiger partial charge in [0.2, 0.25) is 0 Å². The minimum atomic E-state index is -0.128. The Morgan fingerprint density at radius 3 is 1.70 bits per heavy atom. The lowest BCUT2D eigenvalue weighted by molar-refractivity contribution is -0.0604. The van der Waals surface area contributed by atoms with Crippen LogP contribution in [0.5, 0.6) is 0 Å². The Morgan fingerprint density at radius 2 is 1.30 bits per heavy atom. The molecule has 3 rings (SSSR count). The molecule has 0 spiro atoms. The van der Waals surface area contributed by atoms with Crippen molar-refractivity contribution in [3.8, 4) is 0 Å². The van der Waals surface area contributed by atoms with Crippen LogP contribution in [0.4, 0.5) is 0 Å². The Morgan fingerprint density at radius 1 is 0.870 bits per heavy atom. The minimum Gasteiger partial charge on any atom is -0.366 e. The molecule has 0 N–H and O–H groups in total. The first kappa shape index (κ1) is 16.2. The van der Waals surface area contributed by atoms with Crippen LogP contribution in [-0.2, 0) is 4.74 Å². The van der Waals surface area contributed by atoms with E-state index in [1.807, 2.05) is 48.5 Å². The van der Waals surface area contributed by atoms with Gasteiger partial charge < -0.3 is 4.74 Å². The van der Waals surface area contributed by atoms with Crippen molar-refractivity contribution in [1.82, 2.24) is 0 Å². The van der Waals surface area contributed by atoms with Crippen molar-refractivity contribution in [2.24, 2.45) is 5.11 Å². The van der Waals surface area contributed by atoms with Crippen molar-refractivity contribution in [3.63, 3.8) is 0 Å². The number of rotatable bonds is 3. The fourth-order valence-electron chi connectivity index (χ4n) is 2.85. The third kappa shape index (κ3) is 3.98. The molecule has 0 radical (unpaired) electrons. The fraction of sp³-hybridized carbons (Fsp3) is 0.294. The summed E-state index contributed by atoms with van der Waals surface area (Å²) < 4.78 is 6.25. The molecule has 6 heteroatoms. The first-order valence-electron chi connectivity index (χ1n) is 7.36. The Hall–Kier alpha value is -1.71. The molecule has 3 atom stereocenters. The van der Waals surface area contributed by atoms with E-state index >= 15 is 0 Å². The van der Waals surface area contributed by atoms with Gasteiger partial charge in [-0.15, -0.1) is 0 Å². The van der Waals surface area contributed by atoms with Gasteiger partial charge in [0.15, 0.2) is 0 Å². The number of azide groups is 1. The average Bonchev–Trinajstić information content (AvgIpc) is 2.56. The number of nitrogens with zero attached hydrogens (tertiary/aromatic N) is 3. The van der Waals surface area contributed by atoms with E-state index in [2.05, 4.69) is 10.0 Å². The third-order valence-electron chi connectivity index (χ3n) is 4.00. The van der Waals surface area contributed by atoms with E-state index in [0.717, 1.165) is 11.1 Å². The van der Waals surface area contributed by atoms with Gasteiger partial charge in [0.1, 0.15) is 0 Å². The molecule has 23 heavy (non-hydrogen) atoms. The molecule has 0 amide bonds. The van der Waals surface area contributed by atoms with Crippen LogP contribution in [-0.4, -0.2) is 6.04 Å². The van der Waals surface area contributed by atoms with E-state index < -0.39 is 0 Å². The summed E-state index contributed by atoms with van der Waals surface area (Å²) in [5.74, 6) is 0. The van der Waals surface area contributed by atoms with Gasteiger partial charge in [-0.1, -0.05) is 52.6 Å². The first-order valence-corrected chi connectivity index (χ1v) is 8.12. The van der Waals surface area contributed by atoms with Gasteiger partial charge in [-0.25, -0.2) is 0 Å². The summed E-state index contributed by atoms with van der Waals surface area (Å²) in [6.45, 7) is 0. The van der Waals surface area contributed by atoms with Gasteiger partial charge in [0.25, 0.3) is 0 Å². The Kier molecular flexibility index (Phi) is 5.09. The highest BCUT2D eigenvalue weighted by Crippen LogP contribution is 2.40. The van der Waals surface area contributed by atoms with Gasteiger partial charge in [0.05, 0.1) is 12.2 Å². The van der Waals surface area contributed by atoms with Crippen LogP contribution < -0.4 is 0 Å². The van der Waals surface area contributed by atoms with Crippen molar-refractivity contribution in [2.75, 3.05) is 0 Å². The highest BCUT2D eigenvalue weighted by atomic mass is 35.5. The maximum atomic E-state index is 8.79. The van der Waals surface area contributed by atoms with Crippen molar-refractivity contribution < 1.29 is 4.74 Å². The predicted molar refractivity (Wildman–Crippen MR) is 91.6 cm³/mol. The second-order valence-corrected chi connectivity index (χ2v) is 6.42. The summed E-state index contributed by atoms with van der Waals surface area (Å²) in [6, 6.07) is 15.1. The van der Waals surface area contributed by atoms with Crippen LogP contribution in [0.25, 0.3) is 10.4 Å². The summed E-state index contributed by atoms with van der Waals surface area (Å²) in [6.07, 6.45) is 1.07. The molecule has 2 aromatic rings. The van der Waals surface area contributed by atoms with E-state index in [4.69, 9.17) is 33.5 Å². The quantitative estimate of drug-likeness (QED) is 0.367. The van der Waals surface area contributed by atoms with E-state index in [-0.39, 0.29) is 18.2 Å². The second-order valence-electron chi connectivity index (χ2n) is 5.55. The van der Waals surface area contributed by atoms with Crippen molar-refractivity contribution in [2.45, 2.75) is 31.1 Å². The molecule has 0 bridgehead atoms. The molecule has 1 unspecified atom stereocenters. The summed E-state index contributed by atoms with van der Waals surface area (Å²) in [5.41, 5.74) is 10.9. The lowest BCUT2D eigenvalue weighted by Crippen LogP contribution is -2.25. The summed E-state index contributed by atoms with van der Waals surface area (Å²) in [5, 5.41) is 5.29. The smallest absolute Gasteiger partial charge is 0.0837 e. The van der Waals surface area contributed by atoms with Crippen LogP contribution in [0.15, 0.2) is 53.6 Å². The van der Waals surface area contributed by atoms with Gasteiger partial charge in [0, 0.05) is 21.0 Å². The number of benzene rings is 2. The highest BCUT2D eigenvalue weighted by Gasteiger charge is 2.30. The first-order chi connectivity index (χ1) is 11.2. The third-order valence-corrected chi connectivity index (χ3v) is 4.50. The topological polar surface area (TPSA) is 58.0 Å². The second kappa shape index (κ2) is 7.24. The molecule has 1 aliphatic heterocycles. The maximum absolute atomic E-state index is 8.79. The number of hydrogen-bond acceptors (Lipinski definition) is 2. The SMILES string of the molecule is [N-]=[N+]=NC1C[C@@H](c2ccc(Cl)cc2)O[C@@H](c2ccc(Cl)cc2)C1. The molecule has 0 aromatic heterocycles. The van der Waals surface area contributed by atoms with Gasteiger partial charge in [-0.2, -0.15) is 0 Å². The molecule has 118 valence electrons. The molecule has 1 saturated heterocycles. The van der Waals surface area contributed by atoms with Crippen molar-refractivity contribution >= 4 is 23.2 Å². The molecular weight excluding hydrogens is 333 g/mol. The Balaban J connectivity index is 1.87. The molecule has 1 heterocycles. The lowest BCUT2D eigenvalue weighted by atomic mass is 9.92. The molecule has 0 saturated carbocycles. The number of ether oxygens (including phenoxy) is 1.